The van der Waals surface area contributed by atoms with Crippen molar-refractivity contribution in [1.82, 2.24) is 10.2 Å². The number of hydrogen-bond acceptors (Lipinski definition) is 1. The van der Waals surface area contributed by atoms with Crippen molar-refractivity contribution in [3.05, 3.63) is 60.3 Å². The van der Waals surface area contributed by atoms with Gasteiger partial charge in [-0.15, -0.1) is 0 Å². The van der Waals surface area contributed by atoms with E-state index in [2.05, 4.69) is 59.6 Å². The molecule has 0 aliphatic carbocycles. The summed E-state index contributed by atoms with van der Waals surface area (Å²) in [7, 11) is 0. The molecule has 0 aliphatic heterocycles. The number of benzene rings is 1. The van der Waals surface area contributed by atoms with Gasteiger partial charge in [0, 0.05) is 5.39 Å². The van der Waals surface area contributed by atoms with Gasteiger partial charge in [-0.1, -0.05) is 36.4 Å². The predicted octanol–water partition coefficient (Wildman–Crippen LogP) is 4.88. The number of H-pyrrole nitrogens is 1. The summed E-state index contributed by atoms with van der Waals surface area (Å²) in [5, 5.41) is 8.21. The highest BCUT2D eigenvalue weighted by Gasteiger charge is 2.02. The summed E-state index contributed by atoms with van der Waals surface area (Å²) in [6.45, 7) is 4.13. The first-order valence-corrected chi connectivity index (χ1v) is 6.71. The van der Waals surface area contributed by atoms with Crippen molar-refractivity contribution < 1.29 is 0 Å². The molecular formula is C17H20N2. The molecule has 0 aliphatic rings. The molecular weight excluding hydrogens is 232 g/mol. The topological polar surface area (TPSA) is 28.7 Å². The molecule has 0 spiro atoms. The van der Waals surface area contributed by atoms with Crippen molar-refractivity contribution in [2.45, 2.75) is 26.7 Å². The molecule has 0 amide bonds. The van der Waals surface area contributed by atoms with Crippen LogP contribution in [0.2, 0.25) is 0 Å². The van der Waals surface area contributed by atoms with Crippen molar-refractivity contribution in [1.29, 1.82) is 0 Å². The second-order valence-corrected chi connectivity index (χ2v) is 4.48. The van der Waals surface area contributed by atoms with E-state index in [1.165, 1.54) is 16.5 Å². The summed E-state index contributed by atoms with van der Waals surface area (Å²) < 4.78 is 0. The minimum atomic E-state index is 1.06. The highest BCUT2D eigenvalue weighted by Crippen LogP contribution is 2.23. The van der Waals surface area contributed by atoms with Crippen LogP contribution in [-0.4, -0.2) is 10.2 Å². The van der Waals surface area contributed by atoms with Crippen molar-refractivity contribution in [2.24, 2.45) is 0 Å². The van der Waals surface area contributed by atoms with Crippen molar-refractivity contribution in [3.8, 4) is 0 Å². The van der Waals surface area contributed by atoms with Crippen LogP contribution in [0.1, 0.15) is 32.3 Å². The van der Waals surface area contributed by atoms with E-state index in [0.717, 1.165) is 18.4 Å². The van der Waals surface area contributed by atoms with Gasteiger partial charge in [-0.25, -0.2) is 0 Å². The molecule has 0 bridgehead atoms. The molecule has 2 nitrogen and oxygen atoms in total. The van der Waals surface area contributed by atoms with Gasteiger partial charge in [0.05, 0.1) is 11.7 Å². The number of aromatic amines is 1. The first kappa shape index (κ1) is 13.3. The van der Waals surface area contributed by atoms with E-state index < -0.39 is 0 Å². The lowest BCUT2D eigenvalue weighted by Gasteiger charge is -2.06. The molecule has 2 aromatic rings. The number of nitrogens with zero attached hydrogens (tertiary/aromatic N) is 1. The molecule has 2 heteroatoms. The Hall–Kier alpha value is -2.09. The zero-order chi connectivity index (χ0) is 13.5. The maximum atomic E-state index is 4.06. The molecule has 1 aromatic carbocycles. The van der Waals surface area contributed by atoms with Gasteiger partial charge in [-0.2, -0.15) is 5.10 Å². The molecule has 1 aromatic heterocycles. The summed E-state index contributed by atoms with van der Waals surface area (Å²) in [6, 6.07) is 6.45. The fourth-order valence-electron chi connectivity index (χ4n) is 2.12. The number of nitrogens with one attached hydrogen (secondary N) is 1. The lowest BCUT2D eigenvalue weighted by atomic mass is 9.99. The third kappa shape index (κ3) is 3.44. The Bertz CT molecular complexity index is 615. The van der Waals surface area contributed by atoms with Crippen LogP contribution in [0.15, 0.2) is 54.8 Å². The molecule has 98 valence electrons. The van der Waals surface area contributed by atoms with Crippen LogP contribution < -0.4 is 0 Å². The monoisotopic (exact) mass is 252 g/mol. The van der Waals surface area contributed by atoms with E-state index in [1.54, 1.807) is 0 Å². The summed E-state index contributed by atoms with van der Waals surface area (Å²) >= 11 is 0. The molecule has 1 heterocycles. The van der Waals surface area contributed by atoms with E-state index in [-0.39, 0.29) is 0 Å². The number of rotatable bonds is 5. The number of fused-ring (bicyclic) bond motifs is 1. The van der Waals surface area contributed by atoms with Gasteiger partial charge < -0.3 is 0 Å². The Morgan fingerprint density at radius 3 is 2.95 bits per heavy atom. The van der Waals surface area contributed by atoms with Crippen LogP contribution in [0.4, 0.5) is 0 Å². The minimum Gasteiger partial charge on any atom is -0.278 e. The van der Waals surface area contributed by atoms with Crippen LogP contribution in [0, 0.1) is 0 Å². The first-order chi connectivity index (χ1) is 9.35. The lowest BCUT2D eigenvalue weighted by Crippen LogP contribution is -1.84. The number of allylic oxidation sites excluding steroid dienone is 6. The molecule has 0 saturated heterocycles. The first-order valence-electron chi connectivity index (χ1n) is 6.71. The van der Waals surface area contributed by atoms with Crippen LogP contribution in [0.3, 0.4) is 0 Å². The van der Waals surface area contributed by atoms with Gasteiger partial charge in [0.15, 0.2) is 0 Å². The SMILES string of the molecule is CC=C/C=C\CC/C(=C\C)c1ccc2[nH]ncc2c1. The Morgan fingerprint density at radius 2 is 2.16 bits per heavy atom. The van der Waals surface area contributed by atoms with Gasteiger partial charge in [-0.05, 0) is 50.0 Å². The fraction of sp³-hybridized carbons (Fsp3) is 0.235. The van der Waals surface area contributed by atoms with Gasteiger partial charge in [0.25, 0.3) is 0 Å². The molecule has 0 fully saturated rings. The smallest absolute Gasteiger partial charge is 0.0650 e. The van der Waals surface area contributed by atoms with Crippen molar-refractivity contribution in [3.63, 3.8) is 0 Å². The highest BCUT2D eigenvalue weighted by atomic mass is 15.1. The maximum absolute atomic E-state index is 4.06. The maximum Gasteiger partial charge on any atom is 0.0650 e. The quantitative estimate of drug-likeness (QED) is 0.755. The largest absolute Gasteiger partial charge is 0.278 e. The normalized spacial score (nSPS) is 13.1. The van der Waals surface area contributed by atoms with E-state index in [9.17, 15) is 0 Å². The third-order valence-corrected chi connectivity index (χ3v) is 3.18. The standard InChI is InChI=1S/C17H20N2/c1-3-5-6-7-8-9-14(4-2)15-10-11-17-16(12-15)13-18-19-17/h3-7,10-13H,8-9H2,1-2H3,(H,18,19)/b5-3?,7-6-,14-4+. The van der Waals surface area contributed by atoms with E-state index in [4.69, 9.17) is 0 Å². The Kier molecular flexibility index (Phi) is 4.73. The zero-order valence-electron chi connectivity index (χ0n) is 11.6. The summed E-state index contributed by atoms with van der Waals surface area (Å²) in [6.07, 6.45) is 14.6. The highest BCUT2D eigenvalue weighted by molar-refractivity contribution is 5.82. The van der Waals surface area contributed by atoms with E-state index in [0.29, 0.717) is 0 Å². The van der Waals surface area contributed by atoms with Crippen LogP contribution in [0.5, 0.6) is 0 Å². The molecule has 0 unspecified atom stereocenters. The average Bonchev–Trinajstić information content (AvgIpc) is 2.90. The zero-order valence-corrected chi connectivity index (χ0v) is 11.6. The molecule has 19 heavy (non-hydrogen) atoms. The number of aromatic nitrogens is 2. The molecule has 1 N–H and O–H groups in total. The minimum absolute atomic E-state index is 1.06. The van der Waals surface area contributed by atoms with E-state index in [1.807, 2.05) is 19.2 Å². The van der Waals surface area contributed by atoms with E-state index >= 15 is 0 Å². The summed E-state index contributed by atoms with van der Waals surface area (Å²) in [5.74, 6) is 0. The molecule has 0 saturated carbocycles. The van der Waals surface area contributed by atoms with Gasteiger partial charge in [0.1, 0.15) is 0 Å². The fourth-order valence-corrected chi connectivity index (χ4v) is 2.12. The summed E-state index contributed by atoms with van der Waals surface area (Å²) in [4.78, 5) is 0. The van der Waals surface area contributed by atoms with Gasteiger partial charge in [-0.3, -0.25) is 5.10 Å². The van der Waals surface area contributed by atoms with Crippen LogP contribution in [0.25, 0.3) is 16.5 Å². The van der Waals surface area contributed by atoms with Crippen molar-refractivity contribution >= 4 is 16.5 Å². The molecule has 0 atom stereocenters. The van der Waals surface area contributed by atoms with Gasteiger partial charge >= 0.3 is 0 Å². The second kappa shape index (κ2) is 6.74. The third-order valence-electron chi connectivity index (χ3n) is 3.18. The van der Waals surface area contributed by atoms with Crippen LogP contribution >= 0.6 is 0 Å². The van der Waals surface area contributed by atoms with Gasteiger partial charge in [0.2, 0.25) is 0 Å². The summed E-state index contributed by atoms with van der Waals surface area (Å²) in [5.41, 5.74) is 3.76. The lowest BCUT2D eigenvalue weighted by molar-refractivity contribution is 1.07. The van der Waals surface area contributed by atoms with Crippen molar-refractivity contribution in [2.75, 3.05) is 0 Å². The second-order valence-electron chi connectivity index (χ2n) is 4.48. The Labute approximate surface area is 114 Å². The Morgan fingerprint density at radius 1 is 1.26 bits per heavy atom. The molecule has 2 rings (SSSR count). The molecule has 0 radical (unpaired) electrons. The average molecular weight is 252 g/mol. The van der Waals surface area contributed by atoms with Crippen LogP contribution in [-0.2, 0) is 0 Å². The predicted molar refractivity (Wildman–Crippen MR) is 82.9 cm³/mol. The number of hydrogen-bond donors (Lipinski definition) is 1. The Balaban J connectivity index is 2.08.